The summed E-state index contributed by atoms with van der Waals surface area (Å²) in [6.45, 7) is 5.62. The van der Waals surface area contributed by atoms with Crippen LogP contribution in [0.25, 0.3) is 0 Å². The van der Waals surface area contributed by atoms with Crippen molar-refractivity contribution < 1.29 is 13.9 Å². The number of hydrogen-bond donors (Lipinski definition) is 0. The van der Waals surface area contributed by atoms with E-state index in [4.69, 9.17) is 19.2 Å². The Balaban J connectivity index is 1.51. The molecule has 0 atom stereocenters. The highest BCUT2D eigenvalue weighted by atomic mass is 16.5. The fourth-order valence-corrected chi connectivity index (χ4v) is 3.09. The molecule has 0 aliphatic carbocycles. The number of benzene rings is 1. The van der Waals surface area contributed by atoms with Gasteiger partial charge in [-0.05, 0) is 29.8 Å². The van der Waals surface area contributed by atoms with E-state index in [1.807, 2.05) is 24.3 Å². The molecular formula is C19H23N3O3. The van der Waals surface area contributed by atoms with Gasteiger partial charge in [0.25, 0.3) is 0 Å². The Labute approximate surface area is 148 Å². The summed E-state index contributed by atoms with van der Waals surface area (Å²) in [5.41, 5.74) is 1.22. The smallest absolute Gasteiger partial charge is 0.203 e. The van der Waals surface area contributed by atoms with E-state index in [-0.39, 0.29) is 0 Å². The van der Waals surface area contributed by atoms with Gasteiger partial charge in [-0.3, -0.25) is 9.80 Å². The van der Waals surface area contributed by atoms with Gasteiger partial charge in [-0.25, -0.2) is 0 Å². The van der Waals surface area contributed by atoms with Gasteiger partial charge in [-0.2, -0.15) is 5.26 Å². The molecule has 132 valence electrons. The molecule has 0 bridgehead atoms. The molecule has 6 nitrogen and oxygen atoms in total. The summed E-state index contributed by atoms with van der Waals surface area (Å²) in [5.74, 6) is 2.75. The maximum Gasteiger partial charge on any atom is 0.203 e. The second kappa shape index (κ2) is 8.06. The maximum absolute atomic E-state index is 8.82. The number of nitrogens with zero attached hydrogens (tertiary/aromatic N) is 3. The van der Waals surface area contributed by atoms with Gasteiger partial charge in [-0.15, -0.1) is 0 Å². The molecule has 1 aliphatic rings. The van der Waals surface area contributed by atoms with Gasteiger partial charge in [0.2, 0.25) is 5.76 Å². The highest BCUT2D eigenvalue weighted by Crippen LogP contribution is 2.28. The lowest BCUT2D eigenvalue weighted by molar-refractivity contribution is 0.116. The minimum absolute atomic E-state index is 0.377. The summed E-state index contributed by atoms with van der Waals surface area (Å²) in [6.07, 6.45) is 0. The quantitative estimate of drug-likeness (QED) is 0.804. The molecule has 1 fully saturated rings. The van der Waals surface area contributed by atoms with Crippen LogP contribution in [0.4, 0.5) is 0 Å². The summed E-state index contributed by atoms with van der Waals surface area (Å²) in [4.78, 5) is 4.78. The van der Waals surface area contributed by atoms with Crippen molar-refractivity contribution in [3.63, 3.8) is 0 Å². The SMILES string of the molecule is COc1ccc(CN2CCN(Cc3ccc(C#N)o3)CC2)cc1OC. The van der Waals surface area contributed by atoms with Crippen LogP contribution in [0.1, 0.15) is 17.1 Å². The average molecular weight is 341 g/mol. The third kappa shape index (κ3) is 4.32. The van der Waals surface area contributed by atoms with Crippen LogP contribution in [0, 0.1) is 11.3 Å². The molecule has 0 spiro atoms. The van der Waals surface area contributed by atoms with E-state index in [0.717, 1.165) is 56.5 Å². The lowest BCUT2D eigenvalue weighted by Crippen LogP contribution is -2.45. The molecule has 1 aliphatic heterocycles. The van der Waals surface area contributed by atoms with E-state index >= 15 is 0 Å². The van der Waals surface area contributed by atoms with Crippen LogP contribution >= 0.6 is 0 Å². The van der Waals surface area contributed by atoms with Gasteiger partial charge in [0, 0.05) is 32.7 Å². The number of methoxy groups -OCH3 is 2. The zero-order chi connectivity index (χ0) is 17.6. The van der Waals surface area contributed by atoms with Crippen molar-refractivity contribution in [2.45, 2.75) is 13.1 Å². The zero-order valence-corrected chi connectivity index (χ0v) is 14.7. The fourth-order valence-electron chi connectivity index (χ4n) is 3.09. The highest BCUT2D eigenvalue weighted by Gasteiger charge is 2.18. The molecule has 0 unspecified atom stereocenters. The van der Waals surface area contributed by atoms with Crippen molar-refractivity contribution in [1.29, 1.82) is 5.26 Å². The number of rotatable bonds is 6. The van der Waals surface area contributed by atoms with Crippen LogP contribution in [-0.4, -0.2) is 50.2 Å². The molecule has 2 aromatic rings. The lowest BCUT2D eigenvalue weighted by Gasteiger charge is -2.34. The predicted octanol–water partition coefficient (Wildman–Crippen LogP) is 2.49. The van der Waals surface area contributed by atoms with E-state index in [2.05, 4.69) is 15.9 Å². The molecule has 0 amide bonds. The predicted molar refractivity (Wildman–Crippen MR) is 93.5 cm³/mol. The first-order valence-corrected chi connectivity index (χ1v) is 8.36. The minimum Gasteiger partial charge on any atom is -0.493 e. The molecule has 0 saturated carbocycles. The molecule has 6 heteroatoms. The summed E-state index contributed by atoms with van der Waals surface area (Å²) < 4.78 is 16.1. The van der Waals surface area contributed by atoms with Crippen LogP contribution in [0.15, 0.2) is 34.7 Å². The Morgan fingerprint density at radius 3 is 2.24 bits per heavy atom. The van der Waals surface area contributed by atoms with Gasteiger partial charge >= 0.3 is 0 Å². The number of furan rings is 1. The monoisotopic (exact) mass is 341 g/mol. The Bertz CT molecular complexity index is 743. The molecule has 2 heterocycles. The second-order valence-electron chi connectivity index (χ2n) is 6.12. The molecule has 1 aromatic heterocycles. The number of ether oxygens (including phenoxy) is 2. The second-order valence-corrected chi connectivity index (χ2v) is 6.12. The fraction of sp³-hybridized carbons (Fsp3) is 0.421. The van der Waals surface area contributed by atoms with E-state index in [0.29, 0.717) is 5.76 Å². The normalized spacial score (nSPS) is 15.7. The van der Waals surface area contributed by atoms with Gasteiger partial charge in [0.1, 0.15) is 11.8 Å². The zero-order valence-electron chi connectivity index (χ0n) is 14.7. The Hall–Kier alpha value is -2.49. The molecular weight excluding hydrogens is 318 g/mol. The van der Waals surface area contributed by atoms with Crippen LogP contribution < -0.4 is 9.47 Å². The van der Waals surface area contributed by atoms with Gasteiger partial charge in [-0.1, -0.05) is 6.07 Å². The van der Waals surface area contributed by atoms with Crippen molar-refractivity contribution in [2.75, 3.05) is 40.4 Å². The Morgan fingerprint density at radius 2 is 1.64 bits per heavy atom. The topological polar surface area (TPSA) is 61.9 Å². The van der Waals surface area contributed by atoms with Crippen LogP contribution in [0.5, 0.6) is 11.5 Å². The summed E-state index contributed by atoms with van der Waals surface area (Å²) in [5, 5.41) is 8.82. The largest absolute Gasteiger partial charge is 0.493 e. The van der Waals surface area contributed by atoms with Crippen molar-refractivity contribution in [1.82, 2.24) is 9.80 Å². The minimum atomic E-state index is 0.377. The summed E-state index contributed by atoms with van der Waals surface area (Å²) in [6, 6.07) is 11.7. The van der Waals surface area contributed by atoms with E-state index < -0.39 is 0 Å². The van der Waals surface area contributed by atoms with Crippen molar-refractivity contribution in [2.24, 2.45) is 0 Å². The number of hydrogen-bond acceptors (Lipinski definition) is 6. The molecule has 25 heavy (non-hydrogen) atoms. The average Bonchev–Trinajstić information content (AvgIpc) is 3.11. The first kappa shape index (κ1) is 17.3. The number of nitriles is 1. The van der Waals surface area contributed by atoms with E-state index in [9.17, 15) is 0 Å². The molecule has 0 N–H and O–H groups in total. The van der Waals surface area contributed by atoms with Gasteiger partial charge in [0.15, 0.2) is 11.5 Å². The van der Waals surface area contributed by atoms with E-state index in [1.165, 1.54) is 5.56 Å². The van der Waals surface area contributed by atoms with Crippen molar-refractivity contribution in [3.05, 3.63) is 47.4 Å². The van der Waals surface area contributed by atoms with Gasteiger partial charge < -0.3 is 13.9 Å². The Morgan fingerprint density at radius 1 is 0.960 bits per heavy atom. The maximum atomic E-state index is 8.82. The van der Waals surface area contributed by atoms with Gasteiger partial charge in [0.05, 0.1) is 20.8 Å². The van der Waals surface area contributed by atoms with Crippen LogP contribution in [-0.2, 0) is 13.1 Å². The molecule has 1 aromatic carbocycles. The van der Waals surface area contributed by atoms with Crippen molar-refractivity contribution in [3.8, 4) is 17.6 Å². The highest BCUT2D eigenvalue weighted by molar-refractivity contribution is 5.42. The molecule has 1 saturated heterocycles. The van der Waals surface area contributed by atoms with Crippen LogP contribution in [0.3, 0.4) is 0 Å². The molecule has 3 rings (SSSR count). The third-order valence-corrected chi connectivity index (χ3v) is 4.47. The third-order valence-electron chi connectivity index (χ3n) is 4.47. The number of piperazine rings is 1. The lowest BCUT2D eigenvalue weighted by atomic mass is 10.1. The van der Waals surface area contributed by atoms with Crippen LogP contribution in [0.2, 0.25) is 0 Å². The Kier molecular flexibility index (Phi) is 5.59. The van der Waals surface area contributed by atoms with E-state index in [1.54, 1.807) is 20.3 Å². The summed E-state index contributed by atoms with van der Waals surface area (Å²) in [7, 11) is 3.31. The molecule has 0 radical (unpaired) electrons. The van der Waals surface area contributed by atoms with Crippen molar-refractivity contribution >= 4 is 0 Å². The standard InChI is InChI=1S/C19H23N3O3/c1-23-18-6-3-15(11-19(18)24-2)13-21-7-9-22(10-8-21)14-17-5-4-16(12-20)25-17/h3-6,11H,7-10,13-14H2,1-2H3. The first-order valence-electron chi connectivity index (χ1n) is 8.36. The first-order chi connectivity index (χ1) is 12.2. The summed E-state index contributed by atoms with van der Waals surface area (Å²) >= 11 is 0.